The summed E-state index contributed by atoms with van der Waals surface area (Å²) in [5.74, 6) is 0. The van der Waals surface area contributed by atoms with Crippen LogP contribution in [0.4, 0.5) is 0 Å². The maximum Gasteiger partial charge on any atom is 0.245 e. The molecule has 11 heavy (non-hydrogen) atoms. The molecular formula is C8H7ClOS. The number of hydrogen-bond donors (Lipinski definition) is 0. The molecule has 0 aliphatic carbocycles. The van der Waals surface area contributed by atoms with Crippen LogP contribution >= 0.6 is 22.9 Å². The Morgan fingerprint density at radius 3 is 2.91 bits per heavy atom. The number of hydrogen-bond acceptors (Lipinski definition) is 2. The molecule has 0 unspecified atom stereocenters. The minimum Gasteiger partial charge on any atom is -0.276 e. The number of thiophene rings is 1. The van der Waals surface area contributed by atoms with E-state index >= 15 is 0 Å². The first-order valence-corrected chi connectivity index (χ1v) is 4.37. The number of carbonyl (C=O) groups excluding carboxylic acids is 1. The Morgan fingerprint density at radius 2 is 2.45 bits per heavy atom. The van der Waals surface area contributed by atoms with Crippen molar-refractivity contribution in [3.05, 3.63) is 28.0 Å². The standard InChI is InChI=1S/C8H7ClOS/c1-6-4-5-11-7(6)2-3-8(9)10/h2-5H,1H3/b3-2+. The van der Waals surface area contributed by atoms with Gasteiger partial charge in [-0.05, 0) is 47.7 Å². The van der Waals surface area contributed by atoms with E-state index in [4.69, 9.17) is 11.6 Å². The van der Waals surface area contributed by atoms with E-state index in [2.05, 4.69) is 0 Å². The van der Waals surface area contributed by atoms with Crippen LogP contribution in [0, 0.1) is 6.92 Å². The Bertz CT molecular complexity index is 288. The van der Waals surface area contributed by atoms with Crippen LogP contribution < -0.4 is 0 Å². The molecule has 1 heterocycles. The van der Waals surface area contributed by atoms with Crippen LogP contribution in [0.5, 0.6) is 0 Å². The summed E-state index contributed by atoms with van der Waals surface area (Å²) in [5, 5.41) is 1.55. The summed E-state index contributed by atoms with van der Waals surface area (Å²) in [6.45, 7) is 1.99. The Labute approximate surface area is 74.3 Å². The van der Waals surface area contributed by atoms with Crippen LogP contribution in [-0.2, 0) is 4.79 Å². The first kappa shape index (κ1) is 8.50. The van der Waals surface area contributed by atoms with Crippen molar-refractivity contribution in [1.82, 2.24) is 0 Å². The quantitative estimate of drug-likeness (QED) is 0.513. The highest BCUT2D eigenvalue weighted by atomic mass is 35.5. The predicted octanol–water partition coefficient (Wildman–Crippen LogP) is 2.84. The van der Waals surface area contributed by atoms with Gasteiger partial charge < -0.3 is 0 Å². The zero-order valence-electron chi connectivity index (χ0n) is 6.00. The zero-order chi connectivity index (χ0) is 8.27. The summed E-state index contributed by atoms with van der Waals surface area (Å²) in [4.78, 5) is 11.4. The molecule has 0 aromatic carbocycles. The summed E-state index contributed by atoms with van der Waals surface area (Å²) >= 11 is 6.72. The Balaban J connectivity index is 2.79. The van der Waals surface area contributed by atoms with E-state index in [1.807, 2.05) is 18.4 Å². The topological polar surface area (TPSA) is 17.1 Å². The van der Waals surface area contributed by atoms with Crippen LogP contribution in [0.3, 0.4) is 0 Å². The van der Waals surface area contributed by atoms with Gasteiger partial charge in [0.1, 0.15) is 0 Å². The second kappa shape index (κ2) is 3.69. The number of allylic oxidation sites excluding steroid dienone is 1. The largest absolute Gasteiger partial charge is 0.276 e. The third-order valence-corrected chi connectivity index (χ3v) is 2.38. The molecule has 1 rings (SSSR count). The molecule has 0 aliphatic heterocycles. The fourth-order valence-electron chi connectivity index (χ4n) is 0.696. The van der Waals surface area contributed by atoms with Crippen LogP contribution in [0.1, 0.15) is 10.4 Å². The van der Waals surface area contributed by atoms with Gasteiger partial charge in [0.05, 0.1) is 0 Å². The molecule has 0 saturated carbocycles. The summed E-state index contributed by atoms with van der Waals surface area (Å²) in [7, 11) is 0. The van der Waals surface area contributed by atoms with Gasteiger partial charge in [-0.3, -0.25) is 4.79 Å². The molecule has 0 atom stereocenters. The lowest BCUT2D eigenvalue weighted by molar-refractivity contribution is -0.107. The van der Waals surface area contributed by atoms with Crippen molar-refractivity contribution in [3.63, 3.8) is 0 Å². The molecule has 0 radical (unpaired) electrons. The molecule has 0 fully saturated rings. The van der Waals surface area contributed by atoms with E-state index in [1.165, 1.54) is 11.6 Å². The monoisotopic (exact) mass is 186 g/mol. The van der Waals surface area contributed by atoms with Gasteiger partial charge in [-0.1, -0.05) is 0 Å². The molecule has 0 bridgehead atoms. The van der Waals surface area contributed by atoms with Crippen molar-refractivity contribution in [1.29, 1.82) is 0 Å². The van der Waals surface area contributed by atoms with E-state index in [9.17, 15) is 4.79 Å². The highest BCUT2D eigenvalue weighted by molar-refractivity contribution is 7.11. The fourth-order valence-corrected chi connectivity index (χ4v) is 1.58. The summed E-state index contributed by atoms with van der Waals surface area (Å²) < 4.78 is 0. The van der Waals surface area contributed by atoms with Gasteiger partial charge in [0.15, 0.2) is 0 Å². The summed E-state index contributed by atoms with van der Waals surface area (Å²) in [6, 6.07) is 2.00. The van der Waals surface area contributed by atoms with Crippen molar-refractivity contribution in [3.8, 4) is 0 Å². The Hall–Kier alpha value is -0.600. The maximum absolute atomic E-state index is 10.3. The number of rotatable bonds is 2. The Kier molecular flexibility index (Phi) is 2.85. The summed E-state index contributed by atoms with van der Waals surface area (Å²) in [5.41, 5.74) is 1.17. The lowest BCUT2D eigenvalue weighted by Gasteiger charge is -1.85. The summed E-state index contributed by atoms with van der Waals surface area (Å²) in [6.07, 6.45) is 3.09. The molecule has 1 aromatic rings. The molecule has 58 valence electrons. The number of aryl methyl sites for hydroxylation is 1. The molecule has 3 heteroatoms. The van der Waals surface area contributed by atoms with Crippen LogP contribution in [0.15, 0.2) is 17.5 Å². The van der Waals surface area contributed by atoms with Crippen molar-refractivity contribution in [2.75, 3.05) is 0 Å². The van der Waals surface area contributed by atoms with Crippen molar-refractivity contribution in [2.45, 2.75) is 6.92 Å². The molecule has 0 N–H and O–H groups in total. The van der Waals surface area contributed by atoms with Crippen molar-refractivity contribution in [2.24, 2.45) is 0 Å². The van der Waals surface area contributed by atoms with Crippen LogP contribution in [0.2, 0.25) is 0 Å². The van der Waals surface area contributed by atoms with Gasteiger partial charge in [0.2, 0.25) is 5.24 Å². The maximum atomic E-state index is 10.3. The van der Waals surface area contributed by atoms with E-state index in [1.54, 1.807) is 17.4 Å². The second-order valence-electron chi connectivity index (χ2n) is 2.11. The molecule has 1 nitrogen and oxygen atoms in total. The smallest absolute Gasteiger partial charge is 0.245 e. The van der Waals surface area contributed by atoms with Gasteiger partial charge in [0, 0.05) is 4.88 Å². The van der Waals surface area contributed by atoms with E-state index in [0.29, 0.717) is 0 Å². The average molecular weight is 187 g/mol. The average Bonchev–Trinajstić information content (AvgIpc) is 2.31. The molecule has 1 aromatic heterocycles. The first-order chi connectivity index (χ1) is 5.20. The van der Waals surface area contributed by atoms with Gasteiger partial charge in [-0.15, -0.1) is 11.3 Å². The first-order valence-electron chi connectivity index (χ1n) is 3.12. The van der Waals surface area contributed by atoms with E-state index in [-0.39, 0.29) is 0 Å². The molecule has 0 saturated heterocycles. The third-order valence-electron chi connectivity index (χ3n) is 1.27. The Morgan fingerprint density at radius 1 is 1.73 bits per heavy atom. The minimum atomic E-state index is -0.433. The van der Waals surface area contributed by atoms with E-state index in [0.717, 1.165) is 4.88 Å². The van der Waals surface area contributed by atoms with Gasteiger partial charge in [-0.2, -0.15) is 0 Å². The third kappa shape index (κ3) is 2.48. The lowest BCUT2D eigenvalue weighted by atomic mass is 10.3. The highest BCUT2D eigenvalue weighted by Gasteiger charge is 1.94. The van der Waals surface area contributed by atoms with Crippen LogP contribution in [-0.4, -0.2) is 5.24 Å². The minimum absolute atomic E-state index is 0.433. The zero-order valence-corrected chi connectivity index (χ0v) is 7.58. The fraction of sp³-hybridized carbons (Fsp3) is 0.125. The highest BCUT2D eigenvalue weighted by Crippen LogP contribution is 2.16. The van der Waals surface area contributed by atoms with Crippen LogP contribution in [0.25, 0.3) is 6.08 Å². The predicted molar refractivity (Wildman–Crippen MR) is 49.0 cm³/mol. The lowest BCUT2D eigenvalue weighted by Crippen LogP contribution is -1.74. The number of carbonyl (C=O) groups is 1. The second-order valence-corrected chi connectivity index (χ2v) is 3.43. The molecular weight excluding hydrogens is 180 g/mol. The SMILES string of the molecule is Cc1ccsc1/C=C/C(=O)Cl. The van der Waals surface area contributed by atoms with Gasteiger partial charge in [0.25, 0.3) is 0 Å². The molecule has 0 aliphatic rings. The molecule has 0 spiro atoms. The molecule has 0 amide bonds. The normalized spacial score (nSPS) is 10.7. The van der Waals surface area contributed by atoms with Gasteiger partial charge >= 0.3 is 0 Å². The van der Waals surface area contributed by atoms with Crippen molar-refractivity contribution < 1.29 is 4.79 Å². The van der Waals surface area contributed by atoms with Crippen molar-refractivity contribution >= 4 is 34.3 Å². The van der Waals surface area contributed by atoms with Gasteiger partial charge in [-0.25, -0.2) is 0 Å². The number of halogens is 1. The van der Waals surface area contributed by atoms with E-state index < -0.39 is 5.24 Å².